The fraction of sp³-hybridized carbons (Fsp3) is 0.750. The summed E-state index contributed by atoms with van der Waals surface area (Å²) in [7, 11) is 0. The summed E-state index contributed by atoms with van der Waals surface area (Å²) in [5.74, 6) is -0.487. The maximum absolute atomic E-state index is 12.7. The Morgan fingerprint density at radius 2 is 2.00 bits per heavy atom. The number of ether oxygens (including phenoxy) is 2. The van der Waals surface area contributed by atoms with E-state index in [9.17, 15) is 9.90 Å². The molecule has 3 aliphatic heterocycles. The van der Waals surface area contributed by atoms with Crippen molar-refractivity contribution in [1.82, 2.24) is 0 Å². The van der Waals surface area contributed by atoms with E-state index in [0.717, 1.165) is 17.6 Å². The van der Waals surface area contributed by atoms with Crippen LogP contribution in [-0.2, 0) is 14.3 Å². The van der Waals surface area contributed by atoms with Crippen molar-refractivity contribution >= 4 is 5.97 Å². The van der Waals surface area contributed by atoms with Crippen LogP contribution in [0.5, 0.6) is 0 Å². The van der Waals surface area contributed by atoms with Crippen LogP contribution in [-0.4, -0.2) is 57.9 Å². The molecule has 0 saturated carbocycles. The molecule has 0 unspecified atom stereocenters. The Hall–Kier alpha value is -1.21. The lowest BCUT2D eigenvalue weighted by Gasteiger charge is -2.46. The molecule has 3 aliphatic rings. The van der Waals surface area contributed by atoms with Crippen LogP contribution in [0.3, 0.4) is 0 Å². The molecule has 4 atom stereocenters. The van der Waals surface area contributed by atoms with Gasteiger partial charge in [0.05, 0.1) is 25.4 Å². The molecule has 0 spiro atoms. The Balaban J connectivity index is 2.19. The quantitative estimate of drug-likeness (QED) is 0.448. The first-order chi connectivity index (χ1) is 12.3. The average molecular weight is 368 g/mol. The number of aliphatic hydroxyl groups excluding tert-OH is 3. The summed E-state index contributed by atoms with van der Waals surface area (Å²) in [6, 6.07) is 0. The van der Waals surface area contributed by atoms with Crippen molar-refractivity contribution in [2.75, 3.05) is 13.2 Å². The third-order valence-corrected chi connectivity index (χ3v) is 5.66. The average Bonchev–Trinajstić information content (AvgIpc) is 2.76. The van der Waals surface area contributed by atoms with E-state index in [1.807, 2.05) is 26.8 Å². The molecule has 3 N–H and O–H groups in total. The molecule has 6 nitrogen and oxygen atoms in total. The Morgan fingerprint density at radius 1 is 1.27 bits per heavy atom. The molecule has 0 amide bonds. The van der Waals surface area contributed by atoms with E-state index >= 15 is 0 Å². The first-order valence-corrected chi connectivity index (χ1v) is 9.39. The molecule has 26 heavy (non-hydrogen) atoms. The zero-order valence-corrected chi connectivity index (χ0v) is 16.0. The Morgan fingerprint density at radius 3 is 2.65 bits per heavy atom. The van der Waals surface area contributed by atoms with E-state index in [1.54, 1.807) is 6.08 Å². The number of aliphatic hydroxyl groups is 3. The van der Waals surface area contributed by atoms with E-state index in [0.29, 0.717) is 32.1 Å². The summed E-state index contributed by atoms with van der Waals surface area (Å²) in [4.78, 5) is 12.7. The molecule has 3 saturated heterocycles. The second-order valence-corrected chi connectivity index (χ2v) is 7.77. The zero-order valence-electron chi connectivity index (χ0n) is 16.0. The van der Waals surface area contributed by atoms with Crippen LogP contribution < -0.4 is 0 Å². The summed E-state index contributed by atoms with van der Waals surface area (Å²) in [6.45, 7) is 5.61. The highest BCUT2D eigenvalue weighted by molar-refractivity contribution is 5.82. The molecule has 0 radical (unpaired) electrons. The maximum Gasteiger partial charge on any atom is 0.341 e. The van der Waals surface area contributed by atoms with E-state index in [1.165, 1.54) is 0 Å². The van der Waals surface area contributed by atoms with Gasteiger partial charge in [0.2, 0.25) is 0 Å². The standard InChI is InChI=1S/C20H32O6/c1-14(9-12-21)6-7-17-19(3)11-8-16(23)20(25-17,18(24)26-19)10-4-5-15(2)13-22/h5,9,16-17,21-23H,4,6-8,10-13H2,1-3H3/b14-9-,15-5-/t16-,17-,19+,20+/m0/s1. The third-order valence-electron chi connectivity index (χ3n) is 5.66. The van der Waals surface area contributed by atoms with Gasteiger partial charge in [-0.3, -0.25) is 0 Å². The molecule has 3 fully saturated rings. The Labute approximate surface area is 155 Å². The van der Waals surface area contributed by atoms with Gasteiger partial charge in [0.1, 0.15) is 5.60 Å². The van der Waals surface area contributed by atoms with Gasteiger partial charge < -0.3 is 24.8 Å². The number of rotatable bonds is 8. The van der Waals surface area contributed by atoms with Crippen molar-refractivity contribution in [3.63, 3.8) is 0 Å². The number of carbonyl (C=O) groups is 1. The molecule has 3 heterocycles. The van der Waals surface area contributed by atoms with Gasteiger partial charge >= 0.3 is 5.97 Å². The van der Waals surface area contributed by atoms with Crippen LogP contribution in [0.2, 0.25) is 0 Å². The van der Waals surface area contributed by atoms with Crippen molar-refractivity contribution in [3.8, 4) is 0 Å². The van der Waals surface area contributed by atoms with Gasteiger partial charge in [-0.05, 0) is 59.3 Å². The Bertz CT molecular complexity index is 569. The highest BCUT2D eigenvalue weighted by Gasteiger charge is 2.61. The number of hydrogen-bond acceptors (Lipinski definition) is 6. The molecule has 2 bridgehead atoms. The first-order valence-electron chi connectivity index (χ1n) is 9.39. The van der Waals surface area contributed by atoms with E-state index in [4.69, 9.17) is 19.7 Å². The molecular formula is C20H32O6. The van der Waals surface area contributed by atoms with Crippen LogP contribution in [0.4, 0.5) is 0 Å². The topological polar surface area (TPSA) is 96.2 Å². The van der Waals surface area contributed by atoms with E-state index < -0.39 is 23.3 Å². The summed E-state index contributed by atoms with van der Waals surface area (Å²) in [5.41, 5.74) is -0.210. The monoisotopic (exact) mass is 368 g/mol. The molecular weight excluding hydrogens is 336 g/mol. The zero-order chi connectivity index (χ0) is 19.4. The lowest BCUT2D eigenvalue weighted by molar-refractivity contribution is -0.258. The number of hydrogen-bond donors (Lipinski definition) is 3. The minimum atomic E-state index is -1.35. The molecule has 148 valence electrons. The normalized spacial score (nSPS) is 35.4. The highest BCUT2D eigenvalue weighted by atomic mass is 16.6. The summed E-state index contributed by atoms with van der Waals surface area (Å²) < 4.78 is 12.1. The molecule has 0 aromatic rings. The third kappa shape index (κ3) is 4.36. The van der Waals surface area contributed by atoms with Crippen molar-refractivity contribution in [3.05, 3.63) is 23.3 Å². The minimum absolute atomic E-state index is 0.00278. The Kier molecular flexibility index (Phi) is 7.02. The smallest absolute Gasteiger partial charge is 0.341 e. The first kappa shape index (κ1) is 21.1. The number of fused-ring (bicyclic) bond motifs is 4. The second kappa shape index (κ2) is 8.65. The fourth-order valence-electron chi connectivity index (χ4n) is 3.78. The van der Waals surface area contributed by atoms with Crippen molar-refractivity contribution < 1.29 is 29.6 Å². The van der Waals surface area contributed by atoms with Crippen LogP contribution >= 0.6 is 0 Å². The van der Waals surface area contributed by atoms with Crippen molar-refractivity contribution in [2.24, 2.45) is 0 Å². The van der Waals surface area contributed by atoms with Gasteiger partial charge in [-0.15, -0.1) is 0 Å². The minimum Gasteiger partial charge on any atom is -0.454 e. The maximum atomic E-state index is 12.7. The molecule has 0 aliphatic carbocycles. The lowest BCUT2D eigenvalue weighted by atomic mass is 9.88. The van der Waals surface area contributed by atoms with Crippen LogP contribution in [0.15, 0.2) is 23.3 Å². The second-order valence-electron chi connectivity index (χ2n) is 7.77. The number of carbonyl (C=O) groups excluding carboxylic acids is 1. The van der Waals surface area contributed by atoms with Gasteiger partial charge in [-0.25, -0.2) is 4.79 Å². The molecule has 0 aromatic heterocycles. The predicted octanol–water partition coefficient (Wildman–Crippen LogP) is 2.02. The van der Waals surface area contributed by atoms with E-state index in [2.05, 4.69) is 0 Å². The number of esters is 1. The summed E-state index contributed by atoms with van der Waals surface area (Å²) in [6.07, 6.45) is 5.65. The van der Waals surface area contributed by atoms with Crippen molar-refractivity contribution in [1.29, 1.82) is 0 Å². The van der Waals surface area contributed by atoms with Crippen LogP contribution in [0.25, 0.3) is 0 Å². The fourth-order valence-corrected chi connectivity index (χ4v) is 3.78. The molecule has 6 heteroatoms. The lowest BCUT2D eigenvalue weighted by Crippen LogP contribution is -2.61. The number of allylic oxidation sites excluding steroid dienone is 2. The highest BCUT2D eigenvalue weighted by Crippen LogP contribution is 2.46. The van der Waals surface area contributed by atoms with E-state index in [-0.39, 0.29) is 19.3 Å². The van der Waals surface area contributed by atoms with Gasteiger partial charge in [0, 0.05) is 0 Å². The van der Waals surface area contributed by atoms with Gasteiger partial charge in [0.25, 0.3) is 0 Å². The van der Waals surface area contributed by atoms with Gasteiger partial charge in [-0.1, -0.05) is 23.3 Å². The van der Waals surface area contributed by atoms with Crippen LogP contribution in [0, 0.1) is 0 Å². The van der Waals surface area contributed by atoms with Gasteiger partial charge in [-0.2, -0.15) is 0 Å². The van der Waals surface area contributed by atoms with Crippen LogP contribution in [0.1, 0.15) is 59.3 Å². The molecule has 0 aromatic carbocycles. The van der Waals surface area contributed by atoms with Crippen molar-refractivity contribution in [2.45, 2.75) is 82.7 Å². The van der Waals surface area contributed by atoms with Gasteiger partial charge in [0.15, 0.2) is 5.60 Å². The predicted molar refractivity (Wildman–Crippen MR) is 97.5 cm³/mol. The summed E-state index contributed by atoms with van der Waals surface area (Å²) in [5, 5.41) is 28.8. The largest absolute Gasteiger partial charge is 0.454 e. The summed E-state index contributed by atoms with van der Waals surface area (Å²) >= 11 is 0. The SMILES string of the molecule is C/C(=C/CC[C@@]12O[C@@H](CC/C(C)=C\CO)[C@@](C)(CC[C@@H]1O)OC2=O)CO. The molecule has 3 rings (SSSR count).